The zero-order chi connectivity index (χ0) is 24.5. The molecule has 4 aromatic rings. The van der Waals surface area contributed by atoms with Gasteiger partial charge in [-0.25, -0.2) is 4.79 Å². The van der Waals surface area contributed by atoms with Crippen molar-refractivity contribution in [2.75, 3.05) is 6.54 Å². The standard InChI is InChI=1S/C26H27N3O4S/c1-15(13-28-25(31)33-26(2,3)4)16-5-7-17(8-6-16)21-20(32-14-27)10-9-19-22(21)18-11-12-34-23(18)24(30)29-19/h5-12,14-15,27H,13H2,1-4H3,(H,28,31)(H,29,30). The Labute approximate surface area is 201 Å². The van der Waals surface area contributed by atoms with Gasteiger partial charge in [0.15, 0.2) is 6.40 Å². The summed E-state index contributed by atoms with van der Waals surface area (Å²) in [6.45, 7) is 7.98. The molecule has 0 radical (unpaired) electrons. The summed E-state index contributed by atoms with van der Waals surface area (Å²) in [7, 11) is 0. The summed E-state index contributed by atoms with van der Waals surface area (Å²) in [5.74, 6) is 0.612. The van der Waals surface area contributed by atoms with Crippen LogP contribution in [0.5, 0.6) is 5.75 Å². The highest BCUT2D eigenvalue weighted by Crippen LogP contribution is 2.40. The Hall–Kier alpha value is -3.65. The number of H-pyrrole nitrogens is 1. The van der Waals surface area contributed by atoms with Crippen LogP contribution in [0.3, 0.4) is 0 Å². The van der Waals surface area contributed by atoms with E-state index in [1.165, 1.54) is 11.3 Å². The first-order valence-corrected chi connectivity index (χ1v) is 11.8. The number of benzene rings is 2. The van der Waals surface area contributed by atoms with Gasteiger partial charge in [-0.15, -0.1) is 11.3 Å². The molecule has 0 saturated carbocycles. The number of fused-ring (bicyclic) bond motifs is 3. The minimum atomic E-state index is -0.540. The molecule has 0 aliphatic rings. The van der Waals surface area contributed by atoms with Crippen LogP contribution in [-0.2, 0) is 4.74 Å². The molecular weight excluding hydrogens is 450 g/mol. The fourth-order valence-corrected chi connectivity index (χ4v) is 4.72. The number of rotatable bonds is 6. The SMILES string of the molecule is CC(CNC(=O)OC(C)(C)C)c1ccc(-c2c(OC=N)ccc3[nH]c(=O)c4sccc4c23)cc1. The average Bonchev–Trinajstić information content (AvgIpc) is 3.28. The number of carbonyl (C=O) groups is 1. The molecule has 4 rings (SSSR count). The van der Waals surface area contributed by atoms with Gasteiger partial charge in [0, 0.05) is 28.4 Å². The van der Waals surface area contributed by atoms with Gasteiger partial charge >= 0.3 is 6.09 Å². The summed E-state index contributed by atoms with van der Waals surface area (Å²) in [4.78, 5) is 27.4. The first-order valence-electron chi connectivity index (χ1n) is 11.0. The molecule has 7 nitrogen and oxygen atoms in total. The molecule has 2 aromatic carbocycles. The third kappa shape index (κ3) is 4.82. The van der Waals surface area contributed by atoms with E-state index in [-0.39, 0.29) is 11.5 Å². The monoisotopic (exact) mass is 477 g/mol. The van der Waals surface area contributed by atoms with Crippen LogP contribution in [0.4, 0.5) is 4.79 Å². The molecule has 0 spiro atoms. The Balaban J connectivity index is 1.69. The van der Waals surface area contributed by atoms with Crippen molar-refractivity contribution in [2.45, 2.75) is 39.2 Å². The van der Waals surface area contributed by atoms with Gasteiger partial charge in [-0.1, -0.05) is 31.2 Å². The molecule has 34 heavy (non-hydrogen) atoms. The molecule has 0 fully saturated rings. The highest BCUT2D eigenvalue weighted by atomic mass is 32.1. The summed E-state index contributed by atoms with van der Waals surface area (Å²) in [5.41, 5.74) is 2.82. The lowest BCUT2D eigenvalue weighted by Crippen LogP contribution is -2.34. The number of aromatic amines is 1. The fourth-order valence-electron chi connectivity index (χ4n) is 3.92. The van der Waals surface area contributed by atoms with Crippen molar-refractivity contribution < 1.29 is 14.3 Å². The van der Waals surface area contributed by atoms with E-state index in [1.807, 2.05) is 63.4 Å². The predicted octanol–water partition coefficient (Wildman–Crippen LogP) is 6.02. The van der Waals surface area contributed by atoms with Crippen molar-refractivity contribution in [2.24, 2.45) is 0 Å². The lowest BCUT2D eigenvalue weighted by atomic mass is 9.94. The van der Waals surface area contributed by atoms with Gasteiger partial charge in [0.1, 0.15) is 16.1 Å². The minimum absolute atomic E-state index is 0.0753. The molecule has 8 heteroatoms. The zero-order valence-electron chi connectivity index (χ0n) is 19.5. The number of hydrogen-bond acceptors (Lipinski definition) is 6. The number of ether oxygens (including phenoxy) is 2. The topological polar surface area (TPSA) is 104 Å². The number of carbonyl (C=O) groups excluding carboxylic acids is 1. The van der Waals surface area contributed by atoms with Crippen molar-refractivity contribution in [1.29, 1.82) is 5.41 Å². The molecule has 2 heterocycles. The number of pyridine rings is 1. The van der Waals surface area contributed by atoms with Gasteiger partial charge in [-0.05, 0) is 61.4 Å². The highest BCUT2D eigenvalue weighted by Gasteiger charge is 2.19. The van der Waals surface area contributed by atoms with Crippen molar-refractivity contribution in [3.05, 3.63) is 63.8 Å². The van der Waals surface area contributed by atoms with Crippen LogP contribution in [0.2, 0.25) is 0 Å². The van der Waals surface area contributed by atoms with Gasteiger partial charge in [-0.3, -0.25) is 10.2 Å². The molecule has 1 unspecified atom stereocenters. The number of hydrogen-bond donors (Lipinski definition) is 3. The maximum absolute atomic E-state index is 12.5. The van der Waals surface area contributed by atoms with E-state index in [4.69, 9.17) is 14.9 Å². The summed E-state index contributed by atoms with van der Waals surface area (Å²) in [6, 6.07) is 13.5. The van der Waals surface area contributed by atoms with Crippen molar-refractivity contribution in [3.8, 4) is 16.9 Å². The van der Waals surface area contributed by atoms with E-state index in [0.29, 0.717) is 22.5 Å². The lowest BCUT2D eigenvalue weighted by molar-refractivity contribution is 0.0525. The van der Waals surface area contributed by atoms with E-state index in [2.05, 4.69) is 10.3 Å². The summed E-state index contributed by atoms with van der Waals surface area (Å²) >= 11 is 1.40. The van der Waals surface area contributed by atoms with Gasteiger partial charge in [0.25, 0.3) is 5.56 Å². The van der Waals surface area contributed by atoms with Crippen LogP contribution in [-0.4, -0.2) is 29.6 Å². The molecule has 2 aromatic heterocycles. The summed E-state index contributed by atoms with van der Waals surface area (Å²) in [5, 5.41) is 13.9. The molecule has 176 valence electrons. The Morgan fingerprint density at radius 3 is 2.59 bits per heavy atom. The van der Waals surface area contributed by atoms with Crippen LogP contribution in [0.15, 0.2) is 52.6 Å². The number of aromatic nitrogens is 1. The minimum Gasteiger partial charge on any atom is -0.446 e. The largest absolute Gasteiger partial charge is 0.446 e. The number of amides is 1. The number of alkyl carbamates (subject to hydrolysis) is 1. The van der Waals surface area contributed by atoms with Gasteiger partial charge in [-0.2, -0.15) is 0 Å². The van der Waals surface area contributed by atoms with E-state index in [1.54, 1.807) is 12.1 Å². The Bertz CT molecular complexity index is 1410. The van der Waals surface area contributed by atoms with E-state index >= 15 is 0 Å². The van der Waals surface area contributed by atoms with Gasteiger partial charge in [0.05, 0.1) is 0 Å². The summed E-state index contributed by atoms with van der Waals surface area (Å²) in [6.07, 6.45) is 0.467. The van der Waals surface area contributed by atoms with Crippen molar-refractivity contribution >= 4 is 44.8 Å². The molecular formula is C26H27N3O4S. The third-order valence-corrected chi connectivity index (χ3v) is 6.38. The fraction of sp³-hybridized carbons (Fsp3) is 0.269. The average molecular weight is 478 g/mol. The van der Waals surface area contributed by atoms with Crippen LogP contribution in [0.25, 0.3) is 32.1 Å². The van der Waals surface area contributed by atoms with Crippen LogP contribution >= 0.6 is 11.3 Å². The smallest absolute Gasteiger partial charge is 0.407 e. The van der Waals surface area contributed by atoms with E-state index in [9.17, 15) is 9.59 Å². The van der Waals surface area contributed by atoms with E-state index in [0.717, 1.165) is 33.9 Å². The second-order valence-corrected chi connectivity index (χ2v) is 10.0. The van der Waals surface area contributed by atoms with Crippen molar-refractivity contribution in [3.63, 3.8) is 0 Å². The van der Waals surface area contributed by atoms with Crippen molar-refractivity contribution in [1.82, 2.24) is 10.3 Å². The first kappa shape index (κ1) is 23.5. The van der Waals surface area contributed by atoms with Gasteiger partial charge in [0.2, 0.25) is 0 Å². The Kier molecular flexibility index (Phi) is 6.43. The zero-order valence-corrected chi connectivity index (χ0v) is 20.3. The molecule has 0 aliphatic carbocycles. The highest BCUT2D eigenvalue weighted by molar-refractivity contribution is 7.17. The maximum atomic E-state index is 12.5. The Morgan fingerprint density at radius 2 is 1.91 bits per heavy atom. The predicted molar refractivity (Wildman–Crippen MR) is 137 cm³/mol. The van der Waals surface area contributed by atoms with Crippen LogP contribution in [0, 0.1) is 5.41 Å². The normalized spacial score (nSPS) is 12.5. The maximum Gasteiger partial charge on any atom is 0.407 e. The van der Waals surface area contributed by atoms with E-state index < -0.39 is 11.7 Å². The molecule has 0 bridgehead atoms. The van der Waals surface area contributed by atoms with Crippen LogP contribution < -0.4 is 15.6 Å². The first-order chi connectivity index (χ1) is 16.2. The molecule has 0 aliphatic heterocycles. The lowest BCUT2D eigenvalue weighted by Gasteiger charge is -2.21. The second kappa shape index (κ2) is 9.30. The van der Waals surface area contributed by atoms with Gasteiger partial charge < -0.3 is 19.8 Å². The third-order valence-electron chi connectivity index (χ3n) is 5.46. The summed E-state index contributed by atoms with van der Waals surface area (Å²) < 4.78 is 11.5. The number of nitrogens with one attached hydrogen (secondary N) is 3. The molecule has 3 N–H and O–H groups in total. The number of thiophene rings is 1. The Morgan fingerprint density at radius 1 is 1.18 bits per heavy atom. The molecule has 0 saturated heterocycles. The van der Waals surface area contributed by atoms with Crippen LogP contribution in [0.1, 0.15) is 39.2 Å². The second-order valence-electron chi connectivity index (χ2n) is 9.12. The molecule has 1 amide bonds. The quantitative estimate of drug-likeness (QED) is 0.233. The molecule has 1 atom stereocenters.